The largest absolute Gasteiger partial charge is 0.382 e. The molecule has 1 heterocycles. The topological polar surface area (TPSA) is 87.2 Å². The van der Waals surface area contributed by atoms with E-state index in [0.717, 1.165) is 18.7 Å². The first-order valence-electron chi connectivity index (χ1n) is 5.63. The Morgan fingerprint density at radius 2 is 2.29 bits per heavy atom. The van der Waals surface area contributed by atoms with Gasteiger partial charge >= 0.3 is 0 Å². The number of hydrazine groups is 1. The molecule has 98 valence electrons. The van der Waals surface area contributed by atoms with Gasteiger partial charge in [-0.3, -0.25) is 16.0 Å². The molecule has 7 nitrogen and oxygen atoms in total. The molecule has 1 aromatic rings. The standard InChI is InChI=1S/C10H21N5O2/c1-15-10(12-8-13-15)7-9(14-11)3-4-17-6-5-16-2/h8-9,14H,3-7,11H2,1-2H3. The molecule has 0 aromatic carbocycles. The molecule has 0 saturated carbocycles. The Hall–Kier alpha value is -1.02. The molecule has 0 aliphatic heterocycles. The van der Waals surface area contributed by atoms with E-state index in [4.69, 9.17) is 15.3 Å². The Morgan fingerprint density at radius 3 is 2.88 bits per heavy atom. The van der Waals surface area contributed by atoms with Crippen molar-refractivity contribution in [2.45, 2.75) is 18.9 Å². The molecule has 1 rings (SSSR count). The minimum absolute atomic E-state index is 0.139. The summed E-state index contributed by atoms with van der Waals surface area (Å²) < 4.78 is 12.0. The summed E-state index contributed by atoms with van der Waals surface area (Å²) in [6, 6.07) is 0.139. The molecule has 0 aliphatic rings. The first-order chi connectivity index (χ1) is 8.27. The highest BCUT2D eigenvalue weighted by molar-refractivity contribution is 4.88. The van der Waals surface area contributed by atoms with Crippen molar-refractivity contribution in [1.82, 2.24) is 20.2 Å². The fourth-order valence-corrected chi connectivity index (χ4v) is 1.44. The Bertz CT molecular complexity index is 305. The molecular weight excluding hydrogens is 222 g/mol. The third-order valence-corrected chi connectivity index (χ3v) is 2.51. The number of methoxy groups -OCH3 is 1. The fraction of sp³-hybridized carbons (Fsp3) is 0.800. The predicted molar refractivity (Wildman–Crippen MR) is 63.1 cm³/mol. The monoisotopic (exact) mass is 243 g/mol. The van der Waals surface area contributed by atoms with Crippen molar-refractivity contribution in [2.24, 2.45) is 12.9 Å². The van der Waals surface area contributed by atoms with Crippen molar-refractivity contribution in [1.29, 1.82) is 0 Å². The van der Waals surface area contributed by atoms with Gasteiger partial charge < -0.3 is 9.47 Å². The van der Waals surface area contributed by atoms with Crippen LogP contribution in [0, 0.1) is 0 Å². The van der Waals surface area contributed by atoms with Crippen LogP contribution in [-0.4, -0.2) is 47.7 Å². The van der Waals surface area contributed by atoms with Crippen LogP contribution in [-0.2, 0) is 22.9 Å². The highest BCUT2D eigenvalue weighted by Gasteiger charge is 2.11. The van der Waals surface area contributed by atoms with E-state index < -0.39 is 0 Å². The van der Waals surface area contributed by atoms with Gasteiger partial charge in [0, 0.05) is 33.2 Å². The van der Waals surface area contributed by atoms with Gasteiger partial charge in [-0.05, 0) is 6.42 Å². The molecule has 0 bridgehead atoms. The van der Waals surface area contributed by atoms with Crippen molar-refractivity contribution in [3.8, 4) is 0 Å². The van der Waals surface area contributed by atoms with E-state index in [1.807, 2.05) is 7.05 Å². The molecule has 0 saturated heterocycles. The summed E-state index contributed by atoms with van der Waals surface area (Å²) in [5.41, 5.74) is 2.77. The highest BCUT2D eigenvalue weighted by Crippen LogP contribution is 2.01. The summed E-state index contributed by atoms with van der Waals surface area (Å²) in [7, 11) is 3.52. The quantitative estimate of drug-likeness (QED) is 0.337. The maximum Gasteiger partial charge on any atom is 0.138 e. The van der Waals surface area contributed by atoms with Gasteiger partial charge in [-0.25, -0.2) is 4.98 Å². The second-order valence-corrected chi connectivity index (χ2v) is 3.76. The van der Waals surface area contributed by atoms with Gasteiger partial charge in [0.2, 0.25) is 0 Å². The smallest absolute Gasteiger partial charge is 0.138 e. The molecule has 0 radical (unpaired) electrons. The predicted octanol–water partition coefficient (Wildman–Crippen LogP) is -0.757. The zero-order valence-corrected chi connectivity index (χ0v) is 10.4. The third-order valence-electron chi connectivity index (χ3n) is 2.51. The average molecular weight is 243 g/mol. The average Bonchev–Trinajstić information content (AvgIpc) is 2.73. The number of nitrogens with two attached hydrogens (primary N) is 1. The van der Waals surface area contributed by atoms with Crippen molar-refractivity contribution in [3.63, 3.8) is 0 Å². The van der Waals surface area contributed by atoms with Gasteiger partial charge in [0.15, 0.2) is 0 Å². The van der Waals surface area contributed by atoms with Gasteiger partial charge in [-0.15, -0.1) is 0 Å². The van der Waals surface area contributed by atoms with E-state index in [-0.39, 0.29) is 6.04 Å². The van der Waals surface area contributed by atoms with Crippen molar-refractivity contribution < 1.29 is 9.47 Å². The minimum atomic E-state index is 0.139. The number of rotatable bonds is 9. The van der Waals surface area contributed by atoms with Crippen molar-refractivity contribution >= 4 is 0 Å². The normalized spacial score (nSPS) is 12.9. The van der Waals surface area contributed by atoms with Crippen molar-refractivity contribution in [3.05, 3.63) is 12.2 Å². The number of nitrogens with one attached hydrogen (secondary N) is 1. The van der Waals surface area contributed by atoms with Gasteiger partial charge in [-0.1, -0.05) is 0 Å². The van der Waals surface area contributed by atoms with Crippen LogP contribution in [0.25, 0.3) is 0 Å². The molecule has 0 aliphatic carbocycles. The van der Waals surface area contributed by atoms with Crippen LogP contribution in [0.3, 0.4) is 0 Å². The van der Waals surface area contributed by atoms with Crippen LogP contribution in [0.5, 0.6) is 0 Å². The summed E-state index contributed by atoms with van der Waals surface area (Å²) in [5, 5.41) is 4.01. The summed E-state index contributed by atoms with van der Waals surface area (Å²) in [4.78, 5) is 4.16. The molecule has 3 N–H and O–H groups in total. The summed E-state index contributed by atoms with van der Waals surface area (Å²) in [5.74, 6) is 6.40. The van der Waals surface area contributed by atoms with E-state index >= 15 is 0 Å². The van der Waals surface area contributed by atoms with Crippen LogP contribution in [0.1, 0.15) is 12.2 Å². The molecule has 1 aromatic heterocycles. The van der Waals surface area contributed by atoms with Crippen LogP contribution >= 0.6 is 0 Å². The van der Waals surface area contributed by atoms with Gasteiger partial charge in [0.25, 0.3) is 0 Å². The Balaban J connectivity index is 2.22. The molecule has 17 heavy (non-hydrogen) atoms. The highest BCUT2D eigenvalue weighted by atomic mass is 16.5. The molecular formula is C10H21N5O2. The van der Waals surface area contributed by atoms with Crippen LogP contribution in [0.2, 0.25) is 0 Å². The zero-order chi connectivity index (χ0) is 12.5. The number of ether oxygens (including phenoxy) is 2. The lowest BCUT2D eigenvalue weighted by Gasteiger charge is -2.15. The second-order valence-electron chi connectivity index (χ2n) is 3.76. The molecule has 0 spiro atoms. The SMILES string of the molecule is COCCOCCC(Cc1ncnn1C)NN. The van der Waals surface area contributed by atoms with E-state index in [2.05, 4.69) is 15.5 Å². The van der Waals surface area contributed by atoms with Crippen LogP contribution in [0.4, 0.5) is 0 Å². The number of nitrogens with zero attached hydrogens (tertiary/aromatic N) is 3. The lowest BCUT2D eigenvalue weighted by atomic mass is 10.1. The third kappa shape index (κ3) is 5.22. The van der Waals surface area contributed by atoms with E-state index in [1.54, 1.807) is 11.8 Å². The van der Waals surface area contributed by atoms with Gasteiger partial charge in [-0.2, -0.15) is 5.10 Å². The van der Waals surface area contributed by atoms with E-state index in [9.17, 15) is 0 Å². The molecule has 1 atom stereocenters. The van der Waals surface area contributed by atoms with Gasteiger partial charge in [0.1, 0.15) is 12.2 Å². The molecule has 7 heteroatoms. The minimum Gasteiger partial charge on any atom is -0.382 e. The lowest BCUT2D eigenvalue weighted by molar-refractivity contribution is 0.0657. The zero-order valence-electron chi connectivity index (χ0n) is 10.4. The number of hydrogen-bond acceptors (Lipinski definition) is 6. The fourth-order valence-electron chi connectivity index (χ4n) is 1.44. The molecule has 0 fully saturated rings. The van der Waals surface area contributed by atoms with Crippen LogP contribution < -0.4 is 11.3 Å². The van der Waals surface area contributed by atoms with Crippen molar-refractivity contribution in [2.75, 3.05) is 26.9 Å². The summed E-state index contributed by atoms with van der Waals surface area (Å²) >= 11 is 0. The Labute approximate surface area is 101 Å². The van der Waals surface area contributed by atoms with E-state index in [1.165, 1.54) is 6.33 Å². The molecule has 1 unspecified atom stereocenters. The number of hydrogen-bond donors (Lipinski definition) is 2. The summed E-state index contributed by atoms with van der Waals surface area (Å²) in [6.45, 7) is 1.87. The number of aryl methyl sites for hydroxylation is 1. The molecule has 0 amide bonds. The lowest BCUT2D eigenvalue weighted by Crippen LogP contribution is -2.38. The van der Waals surface area contributed by atoms with E-state index in [0.29, 0.717) is 19.8 Å². The Morgan fingerprint density at radius 1 is 1.47 bits per heavy atom. The maximum atomic E-state index is 5.49. The summed E-state index contributed by atoms with van der Waals surface area (Å²) in [6.07, 6.45) is 3.10. The second kappa shape index (κ2) is 8.13. The van der Waals surface area contributed by atoms with Gasteiger partial charge in [0.05, 0.1) is 13.2 Å². The first-order valence-corrected chi connectivity index (χ1v) is 5.63. The first kappa shape index (κ1) is 14.0. The maximum absolute atomic E-state index is 5.49. The van der Waals surface area contributed by atoms with Crippen LogP contribution in [0.15, 0.2) is 6.33 Å². The number of aromatic nitrogens is 3. The Kier molecular flexibility index (Phi) is 6.71.